The number of nitrogens with zero attached hydrogens (tertiary/aromatic N) is 1. The average Bonchev–Trinajstić information content (AvgIpc) is 2.86. The molecule has 2 aromatic rings. The van der Waals surface area contributed by atoms with Crippen LogP contribution in [0.15, 0.2) is 36.4 Å². The molecular formula is C35H53N3O4. The largest absolute Gasteiger partial charge is 0.444 e. The third-order valence-corrected chi connectivity index (χ3v) is 7.48. The Bertz CT molecular complexity index is 1230. The zero-order valence-electron chi connectivity index (χ0n) is 27.8. The van der Waals surface area contributed by atoms with E-state index < -0.39 is 23.8 Å². The maximum atomic E-state index is 14.6. The molecule has 3 atom stereocenters. The lowest BCUT2D eigenvalue weighted by Crippen LogP contribution is -2.56. The second-order valence-electron chi connectivity index (χ2n) is 13.5. The van der Waals surface area contributed by atoms with Crippen LogP contribution in [0.3, 0.4) is 0 Å². The average molecular weight is 580 g/mol. The minimum atomic E-state index is -0.916. The first kappa shape index (κ1) is 34.8. The van der Waals surface area contributed by atoms with Gasteiger partial charge >= 0.3 is 6.09 Å². The summed E-state index contributed by atoms with van der Waals surface area (Å²) in [5, 5.41) is 6.00. The van der Waals surface area contributed by atoms with E-state index in [1.807, 2.05) is 84.9 Å². The van der Waals surface area contributed by atoms with E-state index in [1.54, 1.807) is 25.7 Å². The SMILES string of the molecule is Cc1ccc(C)c(C(C(=O)Nc2c(C)cccc2C)N(C(=O)C(NC(=O)OC(C)(C)C)C(C)C)C(C)CCC(C)C)c1. The molecule has 7 heteroatoms. The number of hydrogen-bond donors (Lipinski definition) is 2. The molecule has 0 fully saturated rings. The molecule has 0 spiro atoms. The van der Waals surface area contributed by atoms with E-state index in [1.165, 1.54) is 0 Å². The predicted molar refractivity (Wildman–Crippen MR) is 172 cm³/mol. The quantitative estimate of drug-likeness (QED) is 0.284. The van der Waals surface area contributed by atoms with E-state index in [-0.39, 0.29) is 23.8 Å². The van der Waals surface area contributed by atoms with Gasteiger partial charge in [0.05, 0.1) is 0 Å². The molecule has 0 radical (unpaired) electrons. The Balaban J connectivity index is 2.72. The number of nitrogens with one attached hydrogen (secondary N) is 2. The number of ether oxygens (including phenoxy) is 1. The Kier molecular flexibility index (Phi) is 12.2. The summed E-state index contributed by atoms with van der Waals surface area (Å²) in [7, 11) is 0. The maximum absolute atomic E-state index is 14.6. The fraction of sp³-hybridized carbons (Fsp3) is 0.571. The summed E-state index contributed by atoms with van der Waals surface area (Å²) >= 11 is 0. The summed E-state index contributed by atoms with van der Waals surface area (Å²) in [6, 6.07) is 9.79. The molecule has 3 amide bonds. The Morgan fingerprint density at radius 3 is 1.98 bits per heavy atom. The first-order valence-corrected chi connectivity index (χ1v) is 15.2. The highest BCUT2D eigenvalue weighted by Crippen LogP contribution is 2.33. The van der Waals surface area contributed by atoms with E-state index in [2.05, 4.69) is 24.5 Å². The Hall–Kier alpha value is -3.35. The van der Waals surface area contributed by atoms with Crippen LogP contribution in [0.25, 0.3) is 0 Å². The van der Waals surface area contributed by atoms with Crippen molar-refractivity contribution in [3.05, 3.63) is 64.2 Å². The van der Waals surface area contributed by atoms with Crippen LogP contribution >= 0.6 is 0 Å². The predicted octanol–water partition coefficient (Wildman–Crippen LogP) is 7.80. The molecule has 0 aliphatic rings. The lowest BCUT2D eigenvalue weighted by molar-refractivity contribution is -0.144. The molecule has 232 valence electrons. The van der Waals surface area contributed by atoms with Gasteiger partial charge in [-0.25, -0.2) is 4.79 Å². The monoisotopic (exact) mass is 579 g/mol. The molecule has 42 heavy (non-hydrogen) atoms. The van der Waals surface area contributed by atoms with Crippen molar-refractivity contribution in [2.75, 3.05) is 5.32 Å². The Morgan fingerprint density at radius 2 is 1.45 bits per heavy atom. The summed E-state index contributed by atoms with van der Waals surface area (Å²) in [4.78, 5) is 43.7. The van der Waals surface area contributed by atoms with Crippen molar-refractivity contribution in [3.63, 3.8) is 0 Å². The van der Waals surface area contributed by atoms with Crippen LogP contribution in [0.4, 0.5) is 10.5 Å². The molecule has 0 saturated heterocycles. The molecule has 0 heterocycles. The highest BCUT2D eigenvalue weighted by molar-refractivity contribution is 6.00. The number of aryl methyl sites for hydroxylation is 4. The molecule has 2 N–H and O–H groups in total. The van der Waals surface area contributed by atoms with Gasteiger partial charge in [-0.3, -0.25) is 9.59 Å². The van der Waals surface area contributed by atoms with Crippen molar-refractivity contribution in [1.29, 1.82) is 0 Å². The molecular weight excluding hydrogens is 526 g/mol. The molecule has 2 rings (SSSR count). The van der Waals surface area contributed by atoms with Crippen LogP contribution in [0.1, 0.15) is 102 Å². The van der Waals surface area contributed by atoms with Crippen molar-refractivity contribution in [3.8, 4) is 0 Å². The van der Waals surface area contributed by atoms with Crippen molar-refractivity contribution in [1.82, 2.24) is 10.2 Å². The molecule has 0 saturated carbocycles. The molecule has 0 bridgehead atoms. The number of carbonyl (C=O) groups is 3. The Morgan fingerprint density at radius 1 is 0.857 bits per heavy atom. The molecule has 0 aliphatic heterocycles. The second kappa shape index (κ2) is 14.7. The molecule has 2 aromatic carbocycles. The third-order valence-electron chi connectivity index (χ3n) is 7.48. The van der Waals surface area contributed by atoms with Crippen LogP contribution in [0.5, 0.6) is 0 Å². The topological polar surface area (TPSA) is 87.7 Å². The Labute approximate surface area is 253 Å². The van der Waals surface area contributed by atoms with Crippen molar-refractivity contribution in [2.45, 2.75) is 120 Å². The highest BCUT2D eigenvalue weighted by atomic mass is 16.6. The third kappa shape index (κ3) is 9.60. The van der Waals surface area contributed by atoms with E-state index in [0.29, 0.717) is 12.3 Å². The van der Waals surface area contributed by atoms with Gasteiger partial charge in [0.1, 0.15) is 17.7 Å². The summed E-state index contributed by atoms with van der Waals surface area (Å²) in [5.41, 5.74) is 4.59. The van der Waals surface area contributed by atoms with E-state index in [4.69, 9.17) is 4.74 Å². The van der Waals surface area contributed by atoms with Gasteiger partial charge in [-0.2, -0.15) is 0 Å². The zero-order chi connectivity index (χ0) is 31.9. The number of para-hydroxylation sites is 1. The lowest BCUT2D eigenvalue weighted by atomic mass is 9.92. The van der Waals surface area contributed by atoms with Crippen molar-refractivity contribution in [2.24, 2.45) is 11.8 Å². The minimum Gasteiger partial charge on any atom is -0.444 e. The second-order valence-corrected chi connectivity index (χ2v) is 13.5. The number of rotatable bonds is 11. The standard InChI is InChI=1S/C35H53N3O4/c1-21(2)16-19-27(9)38(33(40)29(22(3)4)37-34(41)42-35(10,11)12)31(28-20-23(5)17-18-24(28)6)32(39)36-30-25(7)14-13-15-26(30)8/h13-15,17-18,20-22,27,29,31H,16,19H2,1-12H3,(H,36,39)(H,37,41). The first-order valence-electron chi connectivity index (χ1n) is 15.2. The molecule has 7 nitrogen and oxygen atoms in total. The molecule has 0 aromatic heterocycles. The summed E-state index contributed by atoms with van der Waals surface area (Å²) in [5.74, 6) is -0.418. The number of amides is 3. The van der Waals surface area contributed by atoms with E-state index >= 15 is 0 Å². The fourth-order valence-corrected chi connectivity index (χ4v) is 5.10. The van der Waals surface area contributed by atoms with Gasteiger partial charge in [-0.05, 0) is 102 Å². The van der Waals surface area contributed by atoms with Crippen LogP contribution in [0.2, 0.25) is 0 Å². The number of alkyl carbamates (subject to hydrolysis) is 1. The van der Waals surface area contributed by atoms with Gasteiger partial charge in [0.25, 0.3) is 5.91 Å². The minimum absolute atomic E-state index is 0.245. The van der Waals surface area contributed by atoms with Gasteiger partial charge in [-0.15, -0.1) is 0 Å². The summed E-state index contributed by atoms with van der Waals surface area (Å²) in [6.07, 6.45) is 0.931. The first-order chi connectivity index (χ1) is 19.4. The van der Waals surface area contributed by atoms with Gasteiger partial charge < -0.3 is 20.3 Å². The van der Waals surface area contributed by atoms with Gasteiger partial charge in [0, 0.05) is 11.7 Å². The number of anilines is 1. The molecule has 0 aliphatic carbocycles. The van der Waals surface area contributed by atoms with Crippen LogP contribution in [-0.4, -0.2) is 40.5 Å². The summed E-state index contributed by atoms with van der Waals surface area (Å²) < 4.78 is 5.52. The van der Waals surface area contributed by atoms with E-state index in [9.17, 15) is 14.4 Å². The van der Waals surface area contributed by atoms with Gasteiger partial charge in [0.15, 0.2) is 0 Å². The van der Waals surface area contributed by atoms with Crippen LogP contribution < -0.4 is 10.6 Å². The van der Waals surface area contributed by atoms with Crippen molar-refractivity contribution >= 4 is 23.6 Å². The smallest absolute Gasteiger partial charge is 0.408 e. The number of benzene rings is 2. The fourth-order valence-electron chi connectivity index (χ4n) is 5.10. The van der Waals surface area contributed by atoms with Gasteiger partial charge in [-0.1, -0.05) is 69.7 Å². The van der Waals surface area contributed by atoms with Crippen LogP contribution in [0, 0.1) is 39.5 Å². The molecule has 3 unspecified atom stereocenters. The van der Waals surface area contributed by atoms with Crippen LogP contribution in [-0.2, 0) is 14.3 Å². The normalized spacial score (nSPS) is 13.9. The number of carbonyl (C=O) groups excluding carboxylic acids is 3. The lowest BCUT2D eigenvalue weighted by Gasteiger charge is -2.40. The number of hydrogen-bond acceptors (Lipinski definition) is 4. The van der Waals surface area contributed by atoms with Crippen molar-refractivity contribution < 1.29 is 19.1 Å². The summed E-state index contributed by atoms with van der Waals surface area (Å²) in [6.45, 7) is 23.3. The maximum Gasteiger partial charge on any atom is 0.408 e. The highest BCUT2D eigenvalue weighted by Gasteiger charge is 2.40. The zero-order valence-corrected chi connectivity index (χ0v) is 27.8. The van der Waals surface area contributed by atoms with E-state index in [0.717, 1.165) is 39.9 Å². The van der Waals surface area contributed by atoms with Gasteiger partial charge in [0.2, 0.25) is 5.91 Å².